The second kappa shape index (κ2) is 5.52. The third kappa shape index (κ3) is 4.83. The van der Waals surface area contributed by atoms with Gasteiger partial charge in [0.25, 0.3) is 0 Å². The van der Waals surface area contributed by atoms with Crippen LogP contribution in [-0.4, -0.2) is 43.7 Å². The Morgan fingerprint density at radius 1 is 1.38 bits per heavy atom. The van der Waals surface area contributed by atoms with Crippen molar-refractivity contribution in [2.24, 2.45) is 5.92 Å². The zero-order chi connectivity index (χ0) is 12.2. The van der Waals surface area contributed by atoms with Crippen LogP contribution in [0.3, 0.4) is 0 Å². The molecule has 16 heavy (non-hydrogen) atoms. The van der Waals surface area contributed by atoms with Crippen LogP contribution in [0.15, 0.2) is 0 Å². The SMILES string of the molecule is CN(CC1CCNCC1)C(=O)CC(F)(F)F. The van der Waals surface area contributed by atoms with Crippen molar-refractivity contribution >= 4 is 5.91 Å². The predicted molar refractivity (Wildman–Crippen MR) is 53.9 cm³/mol. The molecule has 1 N–H and O–H groups in total. The largest absolute Gasteiger partial charge is 0.397 e. The minimum absolute atomic E-state index is 0.323. The molecule has 0 aromatic rings. The Morgan fingerprint density at radius 2 is 1.94 bits per heavy atom. The predicted octanol–water partition coefficient (Wildman–Crippen LogP) is 1.40. The first-order valence-corrected chi connectivity index (χ1v) is 5.40. The van der Waals surface area contributed by atoms with Crippen LogP contribution in [0.2, 0.25) is 0 Å². The molecule has 0 bridgehead atoms. The van der Waals surface area contributed by atoms with E-state index < -0.39 is 18.5 Å². The van der Waals surface area contributed by atoms with E-state index in [2.05, 4.69) is 5.32 Å². The molecular formula is C10H17F3N2O. The van der Waals surface area contributed by atoms with Crippen molar-refractivity contribution in [1.29, 1.82) is 0 Å². The Morgan fingerprint density at radius 3 is 2.44 bits per heavy atom. The standard InChI is InChI=1S/C10H17F3N2O/c1-15(9(16)6-10(11,12)13)7-8-2-4-14-5-3-8/h8,14H,2-7H2,1H3. The number of hydrogen-bond donors (Lipinski definition) is 1. The Hall–Kier alpha value is -0.780. The average Bonchev–Trinajstić information content (AvgIpc) is 2.16. The summed E-state index contributed by atoms with van der Waals surface area (Å²) in [6.45, 7) is 2.19. The zero-order valence-electron chi connectivity index (χ0n) is 9.31. The topological polar surface area (TPSA) is 32.3 Å². The van der Waals surface area contributed by atoms with E-state index in [1.165, 1.54) is 11.9 Å². The number of piperidine rings is 1. The first kappa shape index (κ1) is 13.3. The van der Waals surface area contributed by atoms with E-state index >= 15 is 0 Å². The number of amides is 1. The summed E-state index contributed by atoms with van der Waals surface area (Å²) in [5.41, 5.74) is 0. The first-order valence-electron chi connectivity index (χ1n) is 5.40. The van der Waals surface area contributed by atoms with E-state index in [-0.39, 0.29) is 0 Å². The number of rotatable bonds is 3. The summed E-state index contributed by atoms with van der Waals surface area (Å²) in [7, 11) is 1.44. The fourth-order valence-corrected chi connectivity index (χ4v) is 1.86. The van der Waals surface area contributed by atoms with Crippen LogP contribution < -0.4 is 5.32 Å². The highest BCUT2D eigenvalue weighted by Gasteiger charge is 2.33. The van der Waals surface area contributed by atoms with Gasteiger partial charge >= 0.3 is 6.18 Å². The van der Waals surface area contributed by atoms with Crippen molar-refractivity contribution in [2.45, 2.75) is 25.4 Å². The molecule has 1 rings (SSSR count). The van der Waals surface area contributed by atoms with Crippen molar-refractivity contribution < 1.29 is 18.0 Å². The lowest BCUT2D eigenvalue weighted by molar-refractivity contribution is -0.160. The fraction of sp³-hybridized carbons (Fsp3) is 0.900. The molecule has 1 saturated heterocycles. The van der Waals surface area contributed by atoms with Crippen molar-refractivity contribution in [3.63, 3.8) is 0 Å². The van der Waals surface area contributed by atoms with Gasteiger partial charge in [0.1, 0.15) is 6.42 Å². The van der Waals surface area contributed by atoms with Crippen LogP contribution >= 0.6 is 0 Å². The highest BCUT2D eigenvalue weighted by Crippen LogP contribution is 2.21. The first-order chi connectivity index (χ1) is 7.38. The average molecular weight is 238 g/mol. The van der Waals surface area contributed by atoms with Gasteiger partial charge in [-0.05, 0) is 31.8 Å². The molecule has 0 aliphatic carbocycles. The summed E-state index contributed by atoms with van der Waals surface area (Å²) in [4.78, 5) is 12.4. The lowest BCUT2D eigenvalue weighted by atomic mass is 9.97. The van der Waals surface area contributed by atoms with E-state index in [9.17, 15) is 18.0 Å². The maximum atomic E-state index is 12.0. The van der Waals surface area contributed by atoms with Crippen LogP contribution in [0.1, 0.15) is 19.3 Å². The summed E-state index contributed by atoms with van der Waals surface area (Å²) in [6, 6.07) is 0. The van der Waals surface area contributed by atoms with Gasteiger partial charge in [0.2, 0.25) is 5.91 Å². The van der Waals surface area contributed by atoms with Gasteiger partial charge in [-0.25, -0.2) is 0 Å². The Kier molecular flexibility index (Phi) is 4.58. The summed E-state index contributed by atoms with van der Waals surface area (Å²) in [5.74, 6) is -0.519. The number of alkyl halides is 3. The highest BCUT2D eigenvalue weighted by atomic mass is 19.4. The number of carbonyl (C=O) groups excluding carboxylic acids is 1. The van der Waals surface area contributed by atoms with E-state index in [1.54, 1.807) is 0 Å². The van der Waals surface area contributed by atoms with Gasteiger partial charge in [-0.1, -0.05) is 0 Å². The Labute approximate surface area is 93.0 Å². The molecule has 1 fully saturated rings. The lowest BCUT2D eigenvalue weighted by Gasteiger charge is -2.27. The minimum Gasteiger partial charge on any atom is -0.345 e. The normalized spacial score (nSPS) is 18.5. The summed E-state index contributed by atoms with van der Waals surface area (Å²) in [5, 5.41) is 3.17. The second-order valence-electron chi connectivity index (χ2n) is 4.26. The molecular weight excluding hydrogens is 221 g/mol. The van der Waals surface area contributed by atoms with Crippen LogP contribution in [0.4, 0.5) is 13.2 Å². The molecule has 0 saturated carbocycles. The molecule has 1 aliphatic rings. The van der Waals surface area contributed by atoms with Gasteiger partial charge in [-0.2, -0.15) is 13.2 Å². The zero-order valence-corrected chi connectivity index (χ0v) is 9.31. The molecule has 0 radical (unpaired) electrons. The molecule has 0 unspecified atom stereocenters. The monoisotopic (exact) mass is 238 g/mol. The molecule has 1 amide bonds. The van der Waals surface area contributed by atoms with Gasteiger partial charge in [0.05, 0.1) is 0 Å². The third-order valence-corrected chi connectivity index (χ3v) is 2.77. The number of nitrogens with zero attached hydrogens (tertiary/aromatic N) is 1. The van der Waals surface area contributed by atoms with Gasteiger partial charge in [-0.3, -0.25) is 4.79 Å². The molecule has 6 heteroatoms. The summed E-state index contributed by atoms with van der Waals surface area (Å²) >= 11 is 0. The molecule has 0 spiro atoms. The molecule has 0 aromatic heterocycles. The van der Waals surface area contributed by atoms with Crippen molar-refractivity contribution in [3.05, 3.63) is 0 Å². The van der Waals surface area contributed by atoms with Crippen molar-refractivity contribution in [3.8, 4) is 0 Å². The van der Waals surface area contributed by atoms with Crippen LogP contribution in [0, 0.1) is 5.92 Å². The van der Waals surface area contributed by atoms with E-state index in [4.69, 9.17) is 0 Å². The van der Waals surface area contributed by atoms with Gasteiger partial charge in [0, 0.05) is 13.6 Å². The fourth-order valence-electron chi connectivity index (χ4n) is 1.86. The second-order valence-corrected chi connectivity index (χ2v) is 4.26. The molecule has 1 heterocycles. The number of hydrogen-bond acceptors (Lipinski definition) is 2. The number of carbonyl (C=O) groups is 1. The molecule has 1 aliphatic heterocycles. The molecule has 0 atom stereocenters. The van der Waals surface area contributed by atoms with Crippen LogP contribution in [0.25, 0.3) is 0 Å². The summed E-state index contributed by atoms with van der Waals surface area (Å²) < 4.78 is 36.0. The van der Waals surface area contributed by atoms with Crippen LogP contribution in [0.5, 0.6) is 0 Å². The quantitative estimate of drug-likeness (QED) is 0.806. The molecule has 0 aromatic carbocycles. The Bertz CT molecular complexity index is 237. The van der Waals surface area contributed by atoms with Gasteiger partial charge < -0.3 is 10.2 Å². The summed E-state index contributed by atoms with van der Waals surface area (Å²) in [6.07, 6.45) is -3.92. The Balaban J connectivity index is 2.33. The third-order valence-electron chi connectivity index (χ3n) is 2.77. The molecule has 3 nitrogen and oxygen atoms in total. The smallest absolute Gasteiger partial charge is 0.345 e. The minimum atomic E-state index is -4.40. The van der Waals surface area contributed by atoms with Gasteiger partial charge in [-0.15, -0.1) is 0 Å². The van der Waals surface area contributed by atoms with E-state index in [0.717, 1.165) is 25.9 Å². The number of halogens is 3. The highest BCUT2D eigenvalue weighted by molar-refractivity contribution is 5.76. The van der Waals surface area contributed by atoms with Gasteiger partial charge in [0.15, 0.2) is 0 Å². The maximum absolute atomic E-state index is 12.0. The lowest BCUT2D eigenvalue weighted by Crippen LogP contribution is -2.38. The molecule has 94 valence electrons. The van der Waals surface area contributed by atoms with Crippen LogP contribution in [-0.2, 0) is 4.79 Å². The number of nitrogens with one attached hydrogen (secondary N) is 1. The van der Waals surface area contributed by atoms with E-state index in [1.807, 2.05) is 0 Å². The van der Waals surface area contributed by atoms with Crippen molar-refractivity contribution in [1.82, 2.24) is 10.2 Å². The maximum Gasteiger partial charge on any atom is 0.397 e. The van der Waals surface area contributed by atoms with E-state index in [0.29, 0.717) is 12.5 Å². The van der Waals surface area contributed by atoms with Crippen molar-refractivity contribution in [2.75, 3.05) is 26.7 Å².